The zero-order chi connectivity index (χ0) is 16.6. The SMILES string of the molecule is CCOC(=O)c1[nH]c2ccc([N+](=O)[O-])cc2c1-c1coc(N)n1. The normalized spacial score (nSPS) is 10.8. The molecule has 9 heteroatoms. The predicted molar refractivity (Wildman–Crippen MR) is 80.8 cm³/mol. The van der Waals surface area contributed by atoms with Gasteiger partial charge in [0, 0.05) is 28.6 Å². The van der Waals surface area contributed by atoms with Crippen molar-refractivity contribution in [3.8, 4) is 11.3 Å². The lowest BCUT2D eigenvalue weighted by Gasteiger charge is -2.01. The van der Waals surface area contributed by atoms with E-state index in [1.54, 1.807) is 6.92 Å². The van der Waals surface area contributed by atoms with Crippen LogP contribution in [0.15, 0.2) is 28.9 Å². The number of nitrogens with one attached hydrogen (secondary N) is 1. The summed E-state index contributed by atoms with van der Waals surface area (Å²) in [5.41, 5.74) is 6.68. The number of H-pyrrole nitrogens is 1. The zero-order valence-corrected chi connectivity index (χ0v) is 12.0. The first-order valence-corrected chi connectivity index (χ1v) is 6.70. The molecule has 0 atom stereocenters. The monoisotopic (exact) mass is 316 g/mol. The first-order chi connectivity index (χ1) is 11.0. The average molecular weight is 316 g/mol. The predicted octanol–water partition coefficient (Wildman–Crippen LogP) is 2.49. The summed E-state index contributed by atoms with van der Waals surface area (Å²) >= 11 is 0. The molecule has 3 rings (SSSR count). The molecule has 0 fully saturated rings. The number of nitro benzene ring substituents is 1. The lowest BCUT2D eigenvalue weighted by atomic mass is 10.1. The van der Waals surface area contributed by atoms with E-state index in [0.717, 1.165) is 0 Å². The van der Waals surface area contributed by atoms with Crippen LogP contribution in [-0.2, 0) is 4.74 Å². The lowest BCUT2D eigenvalue weighted by molar-refractivity contribution is -0.384. The number of hydrogen-bond acceptors (Lipinski definition) is 7. The second-order valence-corrected chi connectivity index (χ2v) is 4.65. The fourth-order valence-electron chi connectivity index (χ4n) is 2.32. The highest BCUT2D eigenvalue weighted by molar-refractivity contribution is 6.07. The molecule has 0 aliphatic heterocycles. The van der Waals surface area contributed by atoms with E-state index in [2.05, 4.69) is 9.97 Å². The molecule has 0 bridgehead atoms. The third-order valence-corrected chi connectivity index (χ3v) is 3.25. The summed E-state index contributed by atoms with van der Waals surface area (Å²) in [6.07, 6.45) is 1.28. The van der Waals surface area contributed by atoms with Crippen LogP contribution in [0.3, 0.4) is 0 Å². The van der Waals surface area contributed by atoms with E-state index in [4.69, 9.17) is 14.9 Å². The quantitative estimate of drug-likeness (QED) is 0.428. The Morgan fingerprint density at radius 3 is 2.91 bits per heavy atom. The van der Waals surface area contributed by atoms with Crippen LogP contribution in [0.5, 0.6) is 0 Å². The summed E-state index contributed by atoms with van der Waals surface area (Å²) in [7, 11) is 0. The molecule has 3 N–H and O–H groups in total. The highest BCUT2D eigenvalue weighted by Crippen LogP contribution is 2.34. The number of non-ortho nitro benzene ring substituents is 1. The van der Waals surface area contributed by atoms with Gasteiger partial charge in [-0.25, -0.2) is 4.79 Å². The molecule has 0 unspecified atom stereocenters. The van der Waals surface area contributed by atoms with Gasteiger partial charge in [-0.3, -0.25) is 10.1 Å². The summed E-state index contributed by atoms with van der Waals surface area (Å²) in [4.78, 5) is 29.5. The largest absolute Gasteiger partial charge is 0.461 e. The van der Waals surface area contributed by atoms with Gasteiger partial charge in [-0.05, 0) is 13.0 Å². The minimum absolute atomic E-state index is 0.0745. The fourth-order valence-corrected chi connectivity index (χ4v) is 2.32. The standard InChI is InChI=1S/C14H12N4O5/c1-2-22-13(19)12-11(10-6-23-14(15)17-10)8-5-7(18(20)21)3-4-9(8)16-12/h3-6,16H,2H2,1H3,(H2,15,17). The molecular weight excluding hydrogens is 304 g/mol. The van der Waals surface area contributed by atoms with E-state index in [1.807, 2.05) is 0 Å². The van der Waals surface area contributed by atoms with E-state index in [9.17, 15) is 14.9 Å². The second kappa shape index (κ2) is 5.44. The van der Waals surface area contributed by atoms with Gasteiger partial charge < -0.3 is 19.9 Å². The minimum atomic E-state index is -0.595. The number of nitrogens with two attached hydrogens (primary N) is 1. The molecule has 9 nitrogen and oxygen atoms in total. The molecule has 3 aromatic rings. The number of nitro groups is 1. The third-order valence-electron chi connectivity index (χ3n) is 3.25. The molecule has 0 amide bonds. The first kappa shape index (κ1) is 14.6. The lowest BCUT2D eigenvalue weighted by Crippen LogP contribution is -2.06. The fraction of sp³-hybridized carbons (Fsp3) is 0.143. The van der Waals surface area contributed by atoms with Crippen molar-refractivity contribution in [2.45, 2.75) is 6.92 Å². The number of aromatic amines is 1. The molecule has 0 spiro atoms. The number of fused-ring (bicyclic) bond motifs is 1. The number of aromatic nitrogens is 2. The highest BCUT2D eigenvalue weighted by atomic mass is 16.6. The molecule has 2 heterocycles. The third kappa shape index (κ3) is 2.48. The van der Waals surface area contributed by atoms with Crippen molar-refractivity contribution in [1.82, 2.24) is 9.97 Å². The van der Waals surface area contributed by atoms with Crippen LogP contribution in [0, 0.1) is 10.1 Å². The van der Waals surface area contributed by atoms with Crippen LogP contribution >= 0.6 is 0 Å². The minimum Gasteiger partial charge on any atom is -0.461 e. The summed E-state index contributed by atoms with van der Waals surface area (Å²) < 4.78 is 9.99. The summed E-state index contributed by atoms with van der Waals surface area (Å²) in [5, 5.41) is 11.4. The number of nitrogen functional groups attached to an aromatic ring is 1. The van der Waals surface area contributed by atoms with Crippen molar-refractivity contribution >= 4 is 28.6 Å². The number of ether oxygens (including phenoxy) is 1. The van der Waals surface area contributed by atoms with E-state index in [0.29, 0.717) is 16.5 Å². The Morgan fingerprint density at radius 2 is 2.30 bits per heavy atom. The van der Waals surface area contributed by atoms with Crippen LogP contribution in [0.4, 0.5) is 11.7 Å². The van der Waals surface area contributed by atoms with Gasteiger partial charge in [-0.15, -0.1) is 0 Å². The molecule has 0 radical (unpaired) electrons. The van der Waals surface area contributed by atoms with Crippen molar-refractivity contribution < 1.29 is 18.9 Å². The van der Waals surface area contributed by atoms with Gasteiger partial charge in [-0.2, -0.15) is 4.98 Å². The van der Waals surface area contributed by atoms with Crippen molar-refractivity contribution in [1.29, 1.82) is 0 Å². The summed E-state index contributed by atoms with van der Waals surface area (Å²) in [5.74, 6) is -0.595. The maximum Gasteiger partial charge on any atom is 0.355 e. The number of carbonyl (C=O) groups is 1. The Morgan fingerprint density at radius 1 is 1.52 bits per heavy atom. The molecular formula is C14H12N4O5. The van der Waals surface area contributed by atoms with Crippen LogP contribution in [0.2, 0.25) is 0 Å². The number of hydrogen-bond donors (Lipinski definition) is 2. The van der Waals surface area contributed by atoms with Crippen molar-refractivity contribution in [3.05, 3.63) is 40.3 Å². The van der Waals surface area contributed by atoms with Gasteiger partial charge in [-0.1, -0.05) is 0 Å². The molecule has 1 aromatic carbocycles. The van der Waals surface area contributed by atoms with Crippen LogP contribution < -0.4 is 5.73 Å². The van der Waals surface area contributed by atoms with E-state index < -0.39 is 10.9 Å². The maximum absolute atomic E-state index is 12.2. The van der Waals surface area contributed by atoms with Crippen molar-refractivity contribution in [2.75, 3.05) is 12.3 Å². The number of oxazole rings is 1. The Bertz CT molecular complexity index is 911. The number of esters is 1. The van der Waals surface area contributed by atoms with Gasteiger partial charge in [0.2, 0.25) is 0 Å². The van der Waals surface area contributed by atoms with Crippen LogP contribution in [0.25, 0.3) is 22.2 Å². The maximum atomic E-state index is 12.2. The summed E-state index contributed by atoms with van der Waals surface area (Å²) in [6.45, 7) is 1.87. The van der Waals surface area contributed by atoms with Crippen molar-refractivity contribution in [3.63, 3.8) is 0 Å². The van der Waals surface area contributed by atoms with E-state index in [-0.39, 0.29) is 29.7 Å². The number of anilines is 1. The number of benzene rings is 1. The molecule has 2 aromatic heterocycles. The van der Waals surface area contributed by atoms with Crippen molar-refractivity contribution in [2.24, 2.45) is 0 Å². The zero-order valence-electron chi connectivity index (χ0n) is 12.0. The molecule has 23 heavy (non-hydrogen) atoms. The van der Waals surface area contributed by atoms with Gasteiger partial charge in [0.15, 0.2) is 0 Å². The molecule has 0 aliphatic rings. The highest BCUT2D eigenvalue weighted by Gasteiger charge is 2.24. The number of nitrogens with zero attached hydrogens (tertiary/aromatic N) is 2. The average Bonchev–Trinajstić information content (AvgIpc) is 3.09. The molecule has 0 saturated heterocycles. The molecule has 0 saturated carbocycles. The Balaban J connectivity index is 2.29. The van der Waals surface area contributed by atoms with Crippen LogP contribution in [0.1, 0.15) is 17.4 Å². The van der Waals surface area contributed by atoms with Gasteiger partial charge in [0.05, 0.1) is 11.5 Å². The van der Waals surface area contributed by atoms with Crippen LogP contribution in [-0.4, -0.2) is 27.5 Å². The topological polar surface area (TPSA) is 137 Å². The Labute approximate surface area is 129 Å². The Hall–Kier alpha value is -3.36. The first-order valence-electron chi connectivity index (χ1n) is 6.70. The van der Waals surface area contributed by atoms with Gasteiger partial charge in [0.25, 0.3) is 11.7 Å². The number of rotatable bonds is 4. The van der Waals surface area contributed by atoms with E-state index >= 15 is 0 Å². The molecule has 0 aliphatic carbocycles. The number of carbonyl (C=O) groups excluding carboxylic acids is 1. The molecule has 118 valence electrons. The van der Waals surface area contributed by atoms with Gasteiger partial charge in [0.1, 0.15) is 17.7 Å². The smallest absolute Gasteiger partial charge is 0.355 e. The summed E-state index contributed by atoms with van der Waals surface area (Å²) in [6, 6.07) is 4.14. The van der Waals surface area contributed by atoms with E-state index in [1.165, 1.54) is 24.5 Å². The van der Waals surface area contributed by atoms with Gasteiger partial charge >= 0.3 is 5.97 Å². The Kier molecular flexibility index (Phi) is 3.45. The second-order valence-electron chi connectivity index (χ2n) is 4.65.